The fourth-order valence-electron chi connectivity index (χ4n) is 3.95. The van der Waals surface area contributed by atoms with E-state index in [2.05, 4.69) is 16.7 Å². The van der Waals surface area contributed by atoms with Crippen LogP contribution in [0.15, 0.2) is 71.3 Å². The number of nitrogens with zero attached hydrogens (tertiary/aromatic N) is 1. The number of anilines is 1. The third kappa shape index (κ3) is 4.85. The number of hydrogen-bond donors (Lipinski definition) is 2. The van der Waals surface area contributed by atoms with Crippen molar-refractivity contribution < 1.29 is 19.1 Å². The van der Waals surface area contributed by atoms with Crippen molar-refractivity contribution in [1.29, 1.82) is 5.26 Å². The van der Waals surface area contributed by atoms with Gasteiger partial charge in [0.15, 0.2) is 11.5 Å². The van der Waals surface area contributed by atoms with Gasteiger partial charge in [0.05, 0.1) is 36.6 Å². The van der Waals surface area contributed by atoms with E-state index in [0.717, 1.165) is 28.1 Å². The molecule has 2 N–H and O–H groups in total. The van der Waals surface area contributed by atoms with E-state index >= 15 is 0 Å². The van der Waals surface area contributed by atoms with E-state index < -0.39 is 5.92 Å². The molecule has 1 unspecified atom stereocenters. The first-order valence-electron chi connectivity index (χ1n) is 10.6. The maximum atomic E-state index is 12.7. The summed E-state index contributed by atoms with van der Waals surface area (Å²) in [5, 5.41) is 18.0. The number of rotatable bonds is 7. The van der Waals surface area contributed by atoms with Crippen LogP contribution in [0.5, 0.6) is 11.5 Å². The first-order valence-corrected chi connectivity index (χ1v) is 11.6. The molecule has 34 heavy (non-hydrogen) atoms. The number of thioether (sulfide) groups is 1. The highest BCUT2D eigenvalue weighted by Gasteiger charge is 2.30. The summed E-state index contributed by atoms with van der Waals surface area (Å²) in [5.74, 6) is 0.245. The average Bonchev–Trinajstić information content (AvgIpc) is 2.86. The number of amides is 2. The van der Waals surface area contributed by atoms with Crippen LogP contribution in [0.1, 0.15) is 17.9 Å². The zero-order chi connectivity index (χ0) is 24.1. The number of nitrogens with one attached hydrogen (secondary N) is 2. The van der Waals surface area contributed by atoms with Gasteiger partial charge in [-0.3, -0.25) is 9.59 Å². The number of fused-ring (bicyclic) bond motifs is 1. The molecule has 1 aliphatic heterocycles. The fourth-order valence-corrected chi connectivity index (χ4v) is 4.82. The van der Waals surface area contributed by atoms with Crippen molar-refractivity contribution >= 4 is 40.0 Å². The minimum Gasteiger partial charge on any atom is -0.493 e. The molecule has 0 radical (unpaired) electrons. The second-order valence-corrected chi connectivity index (χ2v) is 8.62. The zero-order valence-electron chi connectivity index (χ0n) is 18.8. The lowest BCUT2D eigenvalue weighted by atomic mass is 9.87. The van der Waals surface area contributed by atoms with Crippen molar-refractivity contribution in [3.8, 4) is 17.6 Å². The van der Waals surface area contributed by atoms with E-state index in [9.17, 15) is 14.9 Å². The van der Waals surface area contributed by atoms with Crippen molar-refractivity contribution in [2.45, 2.75) is 12.3 Å². The molecule has 0 aliphatic carbocycles. The van der Waals surface area contributed by atoms with E-state index in [1.807, 2.05) is 48.5 Å². The molecule has 4 rings (SSSR count). The number of methoxy groups -OCH3 is 2. The maximum Gasteiger partial charge on any atom is 0.234 e. The standard InChI is InChI=1S/C26H23N3O4S/c1-32-22-11-10-17(12-23(22)33-2)19-13-24(30)29-26(20(19)14-27)34-15-25(31)28-21-9-5-7-16-6-3-4-8-18(16)21/h3-12,19H,13,15H2,1-2H3,(H,28,31)(H,29,30). The number of benzene rings is 3. The lowest BCUT2D eigenvalue weighted by molar-refractivity contribution is -0.121. The second kappa shape index (κ2) is 10.3. The van der Waals surface area contributed by atoms with Crippen molar-refractivity contribution in [2.24, 2.45) is 0 Å². The Hall–Kier alpha value is -3.96. The van der Waals surface area contributed by atoms with E-state index in [0.29, 0.717) is 27.8 Å². The summed E-state index contributed by atoms with van der Waals surface area (Å²) >= 11 is 1.14. The predicted octanol–water partition coefficient (Wildman–Crippen LogP) is 4.57. The van der Waals surface area contributed by atoms with Gasteiger partial charge in [-0.05, 0) is 29.1 Å². The van der Waals surface area contributed by atoms with Gasteiger partial charge in [0.1, 0.15) is 0 Å². The summed E-state index contributed by atoms with van der Waals surface area (Å²) in [6, 6.07) is 21.1. The average molecular weight is 474 g/mol. The topological polar surface area (TPSA) is 100 Å². The normalized spacial score (nSPS) is 15.4. The van der Waals surface area contributed by atoms with Gasteiger partial charge in [-0.1, -0.05) is 54.2 Å². The van der Waals surface area contributed by atoms with Crippen molar-refractivity contribution in [1.82, 2.24) is 5.32 Å². The van der Waals surface area contributed by atoms with Gasteiger partial charge < -0.3 is 20.1 Å². The maximum absolute atomic E-state index is 12.7. The number of hydrogen-bond acceptors (Lipinski definition) is 6. The largest absolute Gasteiger partial charge is 0.493 e. The minimum atomic E-state index is -0.442. The molecule has 7 nitrogen and oxygen atoms in total. The predicted molar refractivity (Wildman–Crippen MR) is 133 cm³/mol. The van der Waals surface area contributed by atoms with E-state index in [-0.39, 0.29) is 24.0 Å². The van der Waals surface area contributed by atoms with Gasteiger partial charge in [-0.15, -0.1) is 0 Å². The van der Waals surface area contributed by atoms with E-state index in [1.54, 1.807) is 19.2 Å². The summed E-state index contributed by atoms with van der Waals surface area (Å²) in [7, 11) is 3.08. The number of carbonyl (C=O) groups excluding carboxylic acids is 2. The van der Waals surface area contributed by atoms with Crippen LogP contribution in [-0.4, -0.2) is 31.8 Å². The molecule has 0 saturated carbocycles. The molecular formula is C26H23N3O4S. The van der Waals surface area contributed by atoms with Gasteiger partial charge in [0.25, 0.3) is 0 Å². The Morgan fingerprint density at radius 1 is 1.12 bits per heavy atom. The Bertz CT molecular complexity index is 1320. The Morgan fingerprint density at radius 2 is 1.88 bits per heavy atom. The molecule has 0 bridgehead atoms. The summed E-state index contributed by atoms with van der Waals surface area (Å²) < 4.78 is 10.7. The first-order chi connectivity index (χ1) is 16.5. The highest BCUT2D eigenvalue weighted by atomic mass is 32.2. The van der Waals surface area contributed by atoms with Crippen LogP contribution in [0.2, 0.25) is 0 Å². The summed E-state index contributed by atoms with van der Waals surface area (Å²) in [4.78, 5) is 25.2. The Labute approximate surface area is 201 Å². The SMILES string of the molecule is COc1ccc(C2CC(=O)NC(SCC(=O)Nc3cccc4ccccc34)=C2C#N)cc1OC. The molecule has 0 spiro atoms. The van der Waals surface area contributed by atoms with Crippen molar-refractivity contribution in [3.05, 3.63) is 76.8 Å². The lowest BCUT2D eigenvalue weighted by Crippen LogP contribution is -2.31. The molecule has 172 valence electrons. The molecular weight excluding hydrogens is 450 g/mol. The monoisotopic (exact) mass is 473 g/mol. The van der Waals surface area contributed by atoms with Gasteiger partial charge in [0, 0.05) is 23.4 Å². The Morgan fingerprint density at radius 3 is 2.65 bits per heavy atom. The molecule has 1 heterocycles. The highest BCUT2D eigenvalue weighted by Crippen LogP contribution is 2.39. The van der Waals surface area contributed by atoms with Crippen LogP contribution in [0.25, 0.3) is 10.8 Å². The van der Waals surface area contributed by atoms with Gasteiger partial charge in [-0.2, -0.15) is 5.26 Å². The quantitative estimate of drug-likeness (QED) is 0.522. The zero-order valence-corrected chi connectivity index (χ0v) is 19.6. The number of nitriles is 1. The summed E-state index contributed by atoms with van der Waals surface area (Å²) in [6.45, 7) is 0. The second-order valence-electron chi connectivity index (χ2n) is 7.64. The van der Waals surface area contributed by atoms with Crippen LogP contribution in [0, 0.1) is 11.3 Å². The Kier molecular flexibility index (Phi) is 7.04. The molecule has 2 amide bonds. The van der Waals surface area contributed by atoms with Crippen LogP contribution in [0.3, 0.4) is 0 Å². The Balaban J connectivity index is 1.54. The fraction of sp³-hybridized carbons (Fsp3) is 0.192. The minimum absolute atomic E-state index is 0.0443. The van der Waals surface area contributed by atoms with Crippen LogP contribution in [0.4, 0.5) is 5.69 Å². The third-order valence-electron chi connectivity index (χ3n) is 5.58. The molecule has 1 atom stereocenters. The molecule has 0 saturated heterocycles. The molecule has 0 aromatic heterocycles. The van der Waals surface area contributed by atoms with E-state index in [4.69, 9.17) is 9.47 Å². The van der Waals surface area contributed by atoms with E-state index in [1.165, 1.54) is 7.11 Å². The first kappa shape index (κ1) is 23.2. The highest BCUT2D eigenvalue weighted by molar-refractivity contribution is 8.03. The third-order valence-corrected chi connectivity index (χ3v) is 6.59. The van der Waals surface area contributed by atoms with Gasteiger partial charge in [0.2, 0.25) is 11.8 Å². The molecule has 1 aliphatic rings. The molecule has 3 aromatic carbocycles. The van der Waals surface area contributed by atoms with Crippen molar-refractivity contribution in [2.75, 3.05) is 25.3 Å². The smallest absolute Gasteiger partial charge is 0.234 e. The van der Waals surface area contributed by atoms with Crippen molar-refractivity contribution in [3.63, 3.8) is 0 Å². The number of allylic oxidation sites excluding steroid dienone is 1. The van der Waals surface area contributed by atoms with Gasteiger partial charge in [-0.25, -0.2) is 0 Å². The van der Waals surface area contributed by atoms with Crippen LogP contribution < -0.4 is 20.1 Å². The van der Waals surface area contributed by atoms with Crippen LogP contribution >= 0.6 is 11.8 Å². The number of carbonyl (C=O) groups is 2. The molecule has 0 fully saturated rings. The van der Waals surface area contributed by atoms with Crippen LogP contribution in [-0.2, 0) is 9.59 Å². The molecule has 8 heteroatoms. The summed E-state index contributed by atoms with van der Waals surface area (Å²) in [5.41, 5.74) is 1.89. The van der Waals surface area contributed by atoms with Gasteiger partial charge >= 0.3 is 0 Å². The lowest BCUT2D eigenvalue weighted by Gasteiger charge is -2.25. The molecule has 3 aromatic rings. The number of ether oxygens (including phenoxy) is 2. The summed E-state index contributed by atoms with van der Waals surface area (Å²) in [6.07, 6.45) is 0.130.